The fourth-order valence-electron chi connectivity index (χ4n) is 1.49. The Morgan fingerprint density at radius 3 is 3.00 bits per heavy atom. The number of fused-ring (bicyclic) bond motifs is 1. The standard InChI is InChI=1S/C9H10N2O2S/c1-5-6-3-14-4-7(6)11-8(10-5)2-9(12)13/h2-4H2,1H3,(H,12,13). The van der Waals surface area contributed by atoms with E-state index in [4.69, 9.17) is 5.11 Å². The molecule has 0 atom stereocenters. The number of aryl methyl sites for hydroxylation is 1. The number of nitrogens with zero attached hydrogens (tertiary/aromatic N) is 2. The van der Waals surface area contributed by atoms with Crippen LogP contribution in [0.2, 0.25) is 0 Å². The van der Waals surface area contributed by atoms with E-state index in [1.807, 2.05) is 6.92 Å². The van der Waals surface area contributed by atoms with Crippen LogP contribution >= 0.6 is 11.8 Å². The Balaban J connectivity index is 2.36. The van der Waals surface area contributed by atoms with Gasteiger partial charge in [0.05, 0.1) is 5.69 Å². The highest BCUT2D eigenvalue weighted by atomic mass is 32.2. The van der Waals surface area contributed by atoms with Gasteiger partial charge in [-0.3, -0.25) is 4.79 Å². The van der Waals surface area contributed by atoms with Crippen LogP contribution in [0.4, 0.5) is 0 Å². The molecule has 1 aliphatic rings. The lowest BCUT2D eigenvalue weighted by Gasteiger charge is -2.03. The molecule has 0 fully saturated rings. The van der Waals surface area contributed by atoms with Crippen LogP contribution in [-0.4, -0.2) is 21.0 Å². The van der Waals surface area contributed by atoms with Gasteiger partial charge in [0.1, 0.15) is 12.2 Å². The predicted molar refractivity (Wildman–Crippen MR) is 53.1 cm³/mol. The summed E-state index contributed by atoms with van der Waals surface area (Å²) in [7, 11) is 0. The minimum atomic E-state index is -0.880. The molecule has 0 bridgehead atoms. The Morgan fingerprint density at radius 2 is 2.29 bits per heavy atom. The molecular weight excluding hydrogens is 200 g/mol. The molecule has 0 amide bonds. The van der Waals surface area contributed by atoms with Crippen molar-refractivity contribution in [2.75, 3.05) is 0 Å². The van der Waals surface area contributed by atoms with Crippen molar-refractivity contribution in [3.8, 4) is 0 Å². The zero-order chi connectivity index (χ0) is 10.1. The van der Waals surface area contributed by atoms with E-state index in [0.29, 0.717) is 5.82 Å². The zero-order valence-electron chi connectivity index (χ0n) is 7.78. The summed E-state index contributed by atoms with van der Waals surface area (Å²) in [6.07, 6.45) is -0.0845. The van der Waals surface area contributed by atoms with Crippen molar-refractivity contribution in [3.05, 3.63) is 22.8 Å². The van der Waals surface area contributed by atoms with Crippen LogP contribution in [0, 0.1) is 6.92 Å². The van der Waals surface area contributed by atoms with Crippen molar-refractivity contribution in [1.82, 2.24) is 9.97 Å². The van der Waals surface area contributed by atoms with Crippen LogP contribution < -0.4 is 0 Å². The molecule has 1 aromatic heterocycles. The maximum atomic E-state index is 10.5. The van der Waals surface area contributed by atoms with Crippen molar-refractivity contribution >= 4 is 17.7 Å². The minimum absolute atomic E-state index is 0.0845. The van der Waals surface area contributed by atoms with Gasteiger partial charge in [-0.1, -0.05) is 0 Å². The lowest BCUT2D eigenvalue weighted by molar-refractivity contribution is -0.136. The fourth-order valence-corrected chi connectivity index (χ4v) is 2.60. The van der Waals surface area contributed by atoms with E-state index in [-0.39, 0.29) is 6.42 Å². The number of carboxylic acid groups (broad SMARTS) is 1. The lowest BCUT2D eigenvalue weighted by atomic mass is 10.2. The summed E-state index contributed by atoms with van der Waals surface area (Å²) in [5.41, 5.74) is 3.12. The van der Waals surface area contributed by atoms with E-state index in [0.717, 1.165) is 22.9 Å². The molecule has 2 heterocycles. The zero-order valence-corrected chi connectivity index (χ0v) is 8.60. The van der Waals surface area contributed by atoms with Gasteiger partial charge in [0, 0.05) is 22.8 Å². The number of aliphatic carboxylic acids is 1. The van der Waals surface area contributed by atoms with Gasteiger partial charge < -0.3 is 5.11 Å². The van der Waals surface area contributed by atoms with Crippen molar-refractivity contribution in [2.45, 2.75) is 24.9 Å². The van der Waals surface area contributed by atoms with Gasteiger partial charge >= 0.3 is 5.97 Å². The smallest absolute Gasteiger partial charge is 0.311 e. The first-order valence-electron chi connectivity index (χ1n) is 4.31. The monoisotopic (exact) mass is 210 g/mol. The third-order valence-corrected chi connectivity index (χ3v) is 3.11. The first-order valence-corrected chi connectivity index (χ1v) is 5.47. The second-order valence-corrected chi connectivity index (χ2v) is 4.20. The summed E-state index contributed by atoms with van der Waals surface area (Å²) in [6, 6.07) is 0. The Labute approximate surface area is 85.8 Å². The molecule has 14 heavy (non-hydrogen) atoms. The Hall–Kier alpha value is -1.10. The molecule has 1 aliphatic heterocycles. The molecule has 0 saturated heterocycles. The summed E-state index contributed by atoms with van der Waals surface area (Å²) < 4.78 is 0. The highest BCUT2D eigenvalue weighted by Gasteiger charge is 2.18. The normalized spacial score (nSPS) is 14.1. The van der Waals surface area contributed by atoms with Crippen LogP contribution in [0.3, 0.4) is 0 Å². The largest absolute Gasteiger partial charge is 0.481 e. The van der Waals surface area contributed by atoms with Crippen molar-refractivity contribution < 1.29 is 9.90 Å². The molecule has 0 unspecified atom stereocenters. The van der Waals surface area contributed by atoms with Gasteiger partial charge in [-0.2, -0.15) is 11.8 Å². The van der Waals surface area contributed by atoms with Gasteiger partial charge in [-0.25, -0.2) is 9.97 Å². The average Bonchev–Trinajstić information content (AvgIpc) is 2.50. The molecule has 0 spiro atoms. The molecule has 1 aromatic rings. The van der Waals surface area contributed by atoms with Crippen molar-refractivity contribution in [1.29, 1.82) is 0 Å². The van der Waals surface area contributed by atoms with Crippen LogP contribution in [0.15, 0.2) is 0 Å². The molecule has 74 valence electrons. The van der Waals surface area contributed by atoms with E-state index < -0.39 is 5.97 Å². The quantitative estimate of drug-likeness (QED) is 0.793. The number of hydrogen-bond acceptors (Lipinski definition) is 4. The summed E-state index contributed by atoms with van der Waals surface area (Å²) >= 11 is 1.79. The Kier molecular flexibility index (Phi) is 2.41. The highest BCUT2D eigenvalue weighted by molar-refractivity contribution is 7.98. The first-order chi connectivity index (χ1) is 6.66. The third kappa shape index (κ3) is 1.72. The van der Waals surface area contributed by atoms with Crippen LogP contribution in [0.1, 0.15) is 22.8 Å². The SMILES string of the molecule is Cc1nc(CC(=O)O)nc2c1CSC2. The third-order valence-electron chi connectivity index (χ3n) is 2.14. The van der Waals surface area contributed by atoms with Gasteiger partial charge in [-0.15, -0.1) is 0 Å². The maximum absolute atomic E-state index is 10.5. The second kappa shape index (κ2) is 3.57. The molecule has 2 rings (SSSR count). The molecule has 0 saturated carbocycles. The van der Waals surface area contributed by atoms with Gasteiger partial charge in [0.15, 0.2) is 0 Å². The first kappa shape index (κ1) is 9.45. The number of thioether (sulfide) groups is 1. The molecule has 1 N–H and O–H groups in total. The summed E-state index contributed by atoms with van der Waals surface area (Å²) in [4.78, 5) is 18.9. The van der Waals surface area contributed by atoms with Crippen LogP contribution in [-0.2, 0) is 22.7 Å². The van der Waals surface area contributed by atoms with Crippen molar-refractivity contribution in [3.63, 3.8) is 0 Å². The van der Waals surface area contributed by atoms with Gasteiger partial charge in [0.2, 0.25) is 0 Å². The number of hydrogen-bond donors (Lipinski definition) is 1. The molecule has 0 radical (unpaired) electrons. The van der Waals surface area contributed by atoms with E-state index >= 15 is 0 Å². The van der Waals surface area contributed by atoms with Gasteiger partial charge in [0.25, 0.3) is 0 Å². The van der Waals surface area contributed by atoms with E-state index in [2.05, 4.69) is 9.97 Å². The molecule has 0 aliphatic carbocycles. The molecule has 5 heteroatoms. The summed E-state index contributed by atoms with van der Waals surface area (Å²) in [5.74, 6) is 1.38. The second-order valence-electron chi connectivity index (χ2n) is 3.21. The molecule has 4 nitrogen and oxygen atoms in total. The van der Waals surface area contributed by atoms with Crippen molar-refractivity contribution in [2.24, 2.45) is 0 Å². The lowest BCUT2D eigenvalue weighted by Crippen LogP contribution is -2.08. The molecule has 0 aromatic carbocycles. The number of rotatable bonds is 2. The van der Waals surface area contributed by atoms with E-state index in [9.17, 15) is 4.79 Å². The number of aromatic nitrogens is 2. The average molecular weight is 210 g/mol. The summed E-state index contributed by atoms with van der Waals surface area (Å²) in [5, 5.41) is 8.62. The van der Waals surface area contributed by atoms with Gasteiger partial charge in [-0.05, 0) is 6.92 Å². The summed E-state index contributed by atoms with van der Waals surface area (Å²) in [6.45, 7) is 1.91. The number of carboxylic acids is 1. The highest BCUT2D eigenvalue weighted by Crippen LogP contribution is 2.29. The van der Waals surface area contributed by atoms with E-state index in [1.165, 1.54) is 5.56 Å². The van der Waals surface area contributed by atoms with E-state index in [1.54, 1.807) is 11.8 Å². The number of carbonyl (C=O) groups is 1. The fraction of sp³-hybridized carbons (Fsp3) is 0.444. The maximum Gasteiger partial charge on any atom is 0.311 e. The molecular formula is C9H10N2O2S. The predicted octanol–water partition coefficient (Wildman–Crippen LogP) is 1.16. The topological polar surface area (TPSA) is 63.1 Å². The Morgan fingerprint density at radius 1 is 1.50 bits per heavy atom. The minimum Gasteiger partial charge on any atom is -0.481 e. The van der Waals surface area contributed by atoms with Crippen LogP contribution in [0.25, 0.3) is 0 Å². The van der Waals surface area contributed by atoms with Crippen LogP contribution in [0.5, 0.6) is 0 Å². The Bertz CT molecular complexity index is 393.